The van der Waals surface area contributed by atoms with Crippen molar-refractivity contribution in [2.45, 2.75) is 25.9 Å². The summed E-state index contributed by atoms with van der Waals surface area (Å²) in [6.45, 7) is 8.38. The third kappa shape index (κ3) is 5.07. The van der Waals surface area contributed by atoms with Crippen molar-refractivity contribution < 1.29 is 0 Å². The van der Waals surface area contributed by atoms with Crippen molar-refractivity contribution in [2.24, 2.45) is 0 Å². The van der Waals surface area contributed by atoms with Gasteiger partial charge in [0, 0.05) is 0 Å². The lowest BCUT2D eigenvalue weighted by molar-refractivity contribution is 1.10. The topological polar surface area (TPSA) is 0 Å². The molecule has 0 spiro atoms. The zero-order valence-corrected chi connectivity index (χ0v) is 8.43. The number of rotatable bonds is 4. The van der Waals surface area contributed by atoms with Gasteiger partial charge in [0.1, 0.15) is 0 Å². The van der Waals surface area contributed by atoms with Crippen LogP contribution in [0.3, 0.4) is 0 Å². The van der Waals surface area contributed by atoms with Gasteiger partial charge in [-0.05, 0) is 17.1 Å². The normalized spacial score (nSPS) is 14.6. The fourth-order valence-corrected chi connectivity index (χ4v) is 1.69. The molecule has 0 aliphatic rings. The zero-order chi connectivity index (χ0) is 7.28. The second-order valence-corrected chi connectivity index (χ2v) is 4.74. The van der Waals surface area contributed by atoms with Gasteiger partial charge < -0.3 is 0 Å². The number of hydrogen-bond donors (Lipinski definition) is 0. The van der Waals surface area contributed by atoms with Crippen molar-refractivity contribution in [1.82, 2.24) is 0 Å². The lowest BCUT2D eigenvalue weighted by atomic mass is 10.5. The molecule has 0 radical (unpaired) electrons. The van der Waals surface area contributed by atoms with Crippen LogP contribution < -0.4 is 0 Å². The third-order valence-corrected chi connectivity index (χ3v) is 3.55. The van der Waals surface area contributed by atoms with Gasteiger partial charge in [-0.25, -0.2) is 0 Å². The molecule has 0 N–H and O–H groups in total. The Kier molecular flexibility index (Phi) is 5.75. The summed E-state index contributed by atoms with van der Waals surface area (Å²) < 4.78 is 0. The predicted molar refractivity (Wildman–Crippen MR) is 51.8 cm³/mol. The van der Waals surface area contributed by atoms with E-state index in [0.29, 0.717) is 5.66 Å². The molecule has 9 heavy (non-hydrogen) atoms. The van der Waals surface area contributed by atoms with Crippen LogP contribution in [0.4, 0.5) is 0 Å². The molecule has 0 aromatic rings. The molecule has 0 rings (SSSR count). The Balaban J connectivity index is 3.28. The Morgan fingerprint density at radius 1 is 1.78 bits per heavy atom. The van der Waals surface area contributed by atoms with E-state index in [9.17, 15) is 0 Å². The van der Waals surface area contributed by atoms with Gasteiger partial charge in [0.15, 0.2) is 0 Å². The van der Waals surface area contributed by atoms with E-state index in [1.807, 2.05) is 0 Å². The van der Waals surface area contributed by atoms with E-state index in [-0.39, 0.29) is 0 Å². The van der Waals surface area contributed by atoms with E-state index in [1.165, 1.54) is 17.9 Å². The maximum Gasteiger partial charge on any atom is -0.00468 e. The van der Waals surface area contributed by atoms with Crippen molar-refractivity contribution in [3.05, 3.63) is 11.9 Å². The molecule has 2 heteroatoms. The highest BCUT2D eigenvalue weighted by Gasteiger charge is 1.97. The predicted octanol–water partition coefficient (Wildman–Crippen LogP) is 2.85. The highest BCUT2D eigenvalue weighted by molar-refractivity contribution is 7.44. The minimum absolute atomic E-state index is 0.606. The number of allylic oxidation sites excluding steroid dienone is 1. The van der Waals surface area contributed by atoms with Gasteiger partial charge in [0.25, 0.3) is 0 Å². The second-order valence-electron chi connectivity index (χ2n) is 2.24. The van der Waals surface area contributed by atoms with E-state index in [4.69, 9.17) is 0 Å². The summed E-state index contributed by atoms with van der Waals surface area (Å²) in [5.41, 5.74) is 0.606. The smallest absolute Gasteiger partial charge is 0.00468 e. The lowest BCUT2D eigenvalue weighted by Crippen LogP contribution is -1.88. The van der Waals surface area contributed by atoms with Crippen LogP contribution in [0.2, 0.25) is 0 Å². The summed E-state index contributed by atoms with van der Waals surface area (Å²) in [5, 5.41) is 1.39. The fraction of sp³-hybridized carbons (Fsp3) is 0.714. The van der Waals surface area contributed by atoms with Crippen LogP contribution in [-0.4, -0.2) is 11.8 Å². The first-order valence-electron chi connectivity index (χ1n) is 3.36. The van der Waals surface area contributed by atoms with E-state index >= 15 is 0 Å². The van der Waals surface area contributed by atoms with Crippen LogP contribution in [0.15, 0.2) is 11.9 Å². The molecule has 54 valence electrons. The minimum atomic E-state index is 0.606. The first-order valence-corrected chi connectivity index (χ1v) is 5.24. The van der Waals surface area contributed by atoms with Crippen LogP contribution >= 0.6 is 17.8 Å². The van der Waals surface area contributed by atoms with Crippen LogP contribution in [-0.2, 0) is 0 Å². The molecule has 0 bridgehead atoms. The molecule has 0 nitrogen and oxygen atoms in total. The Hall–Kier alpha value is 0.600. The van der Waals surface area contributed by atoms with Crippen molar-refractivity contribution in [3.8, 4) is 0 Å². The molecule has 0 aromatic carbocycles. The van der Waals surface area contributed by atoms with E-state index in [0.717, 1.165) is 8.58 Å². The Morgan fingerprint density at radius 3 is 2.67 bits per heavy atom. The maximum atomic E-state index is 3.98. The van der Waals surface area contributed by atoms with Crippen LogP contribution in [0.5, 0.6) is 0 Å². The van der Waals surface area contributed by atoms with Crippen LogP contribution in [0.25, 0.3) is 0 Å². The molecule has 0 saturated heterocycles. The summed E-state index contributed by atoms with van der Waals surface area (Å²) in [4.78, 5) is 0. The summed E-state index contributed by atoms with van der Waals surface area (Å²) >= 11 is 0. The van der Waals surface area contributed by atoms with Crippen LogP contribution in [0.1, 0.15) is 20.3 Å². The Morgan fingerprint density at radius 2 is 2.33 bits per heavy atom. The van der Waals surface area contributed by atoms with Crippen molar-refractivity contribution in [1.29, 1.82) is 0 Å². The van der Waals surface area contributed by atoms with Gasteiger partial charge in [0.05, 0.1) is 0 Å². The van der Waals surface area contributed by atoms with E-state index in [1.54, 1.807) is 0 Å². The van der Waals surface area contributed by atoms with Crippen molar-refractivity contribution >= 4 is 17.8 Å². The number of hydrogen-bond acceptors (Lipinski definition) is 0. The second kappa shape index (κ2) is 5.39. The van der Waals surface area contributed by atoms with Crippen molar-refractivity contribution in [3.63, 3.8) is 0 Å². The molecular formula is C7H16P2. The van der Waals surface area contributed by atoms with Crippen LogP contribution in [0, 0.1) is 0 Å². The van der Waals surface area contributed by atoms with Gasteiger partial charge in [-0.2, -0.15) is 0 Å². The zero-order valence-electron chi connectivity index (χ0n) is 6.28. The molecule has 3 atom stereocenters. The quantitative estimate of drug-likeness (QED) is 0.557. The van der Waals surface area contributed by atoms with Crippen molar-refractivity contribution in [2.75, 3.05) is 6.16 Å². The van der Waals surface area contributed by atoms with E-state index in [2.05, 4.69) is 29.7 Å². The highest BCUT2D eigenvalue weighted by Crippen LogP contribution is 2.28. The van der Waals surface area contributed by atoms with Gasteiger partial charge in [-0.3, -0.25) is 0 Å². The molecular weight excluding hydrogens is 146 g/mol. The first kappa shape index (κ1) is 9.60. The molecule has 0 fully saturated rings. The Bertz CT molecular complexity index is 86.9. The lowest BCUT2D eigenvalue weighted by Gasteiger charge is -2.06. The summed E-state index contributed by atoms with van der Waals surface area (Å²) in [6.07, 6.45) is 2.60. The van der Waals surface area contributed by atoms with Gasteiger partial charge >= 0.3 is 0 Å². The highest BCUT2D eigenvalue weighted by atomic mass is 31.1. The third-order valence-electron chi connectivity index (χ3n) is 1.15. The molecule has 0 aliphatic heterocycles. The monoisotopic (exact) mass is 162 g/mol. The van der Waals surface area contributed by atoms with Gasteiger partial charge in [-0.15, -0.1) is 9.24 Å². The molecule has 0 aromatic heterocycles. The molecule has 0 aliphatic carbocycles. The standard InChI is InChI=1S/C7H16P2/c1-4-5-9-7(3)6(2)8/h6,9H,3-5,8H2,1-2H3. The molecule has 0 saturated carbocycles. The van der Waals surface area contributed by atoms with E-state index < -0.39 is 0 Å². The average molecular weight is 162 g/mol. The summed E-state index contributed by atoms with van der Waals surface area (Å²) in [6, 6.07) is 0. The molecule has 3 unspecified atom stereocenters. The average Bonchev–Trinajstić information content (AvgIpc) is 1.82. The molecule has 0 amide bonds. The van der Waals surface area contributed by atoms with Gasteiger partial charge in [-0.1, -0.05) is 35.4 Å². The largest absolute Gasteiger partial charge is 0.130 e. The SMILES string of the molecule is C=C(PCCC)C(C)P. The first-order chi connectivity index (χ1) is 4.18. The maximum absolute atomic E-state index is 3.98. The molecule has 0 heterocycles. The van der Waals surface area contributed by atoms with Gasteiger partial charge in [0.2, 0.25) is 0 Å². The summed E-state index contributed by atoms with van der Waals surface area (Å²) in [5.74, 6) is 0. The Labute approximate surface area is 62.5 Å². The summed E-state index contributed by atoms with van der Waals surface area (Å²) in [7, 11) is 3.75. The minimum Gasteiger partial charge on any atom is -0.130 e. The fourth-order valence-electron chi connectivity index (χ4n) is 0.447.